The highest BCUT2D eigenvalue weighted by Gasteiger charge is 2.18. The van der Waals surface area contributed by atoms with Crippen molar-refractivity contribution >= 4 is 39.7 Å². The van der Waals surface area contributed by atoms with E-state index in [1.54, 1.807) is 0 Å². The van der Waals surface area contributed by atoms with Gasteiger partial charge in [-0.3, -0.25) is 14.4 Å². The number of esters is 2. The summed E-state index contributed by atoms with van der Waals surface area (Å²) in [6, 6.07) is 22.0. The highest BCUT2D eigenvalue weighted by atomic mass is 16.5. The predicted molar refractivity (Wildman–Crippen MR) is 191 cm³/mol. The highest BCUT2D eigenvalue weighted by Crippen LogP contribution is 2.29. The first kappa shape index (κ1) is 33.9. The second kappa shape index (κ2) is 15.9. The van der Waals surface area contributed by atoms with Crippen molar-refractivity contribution in [2.45, 2.75) is 52.5 Å². The first-order chi connectivity index (χ1) is 23.8. The Hall–Kier alpha value is -5.03. The Kier molecular flexibility index (Phi) is 11.0. The van der Waals surface area contributed by atoms with Gasteiger partial charge in [-0.1, -0.05) is 36.8 Å². The summed E-state index contributed by atoms with van der Waals surface area (Å²) >= 11 is 0. The second-order valence-corrected chi connectivity index (χ2v) is 12.6. The standard InChI is InChI=1S/C38H44N6O5/c1-27(45)48-22-20-43(21-23-49-28(2)46)31-14-12-30(13-15-31)37-40-34-25-32-33(39-35(38(47)41-32)24-29-10-5-3-6-11-29)26-36(34)44(37)19-9-18-42-16-7-4-8-17-42/h3,5-6,10-15,25-26H,4,7-9,16-24H2,1-2H3,(H,41,47). The van der Waals surface area contributed by atoms with Crippen molar-refractivity contribution in [2.24, 2.45) is 0 Å². The molecule has 1 fully saturated rings. The molecule has 11 heteroatoms. The number of nitrogens with one attached hydrogen (secondary N) is 1. The number of aromatic nitrogens is 4. The Balaban J connectivity index is 1.33. The summed E-state index contributed by atoms with van der Waals surface area (Å²) in [6.45, 7) is 8.24. The number of benzene rings is 3. The summed E-state index contributed by atoms with van der Waals surface area (Å²) in [4.78, 5) is 53.4. The first-order valence-electron chi connectivity index (χ1n) is 17.2. The lowest BCUT2D eigenvalue weighted by Crippen LogP contribution is -2.31. The SMILES string of the molecule is CC(=O)OCCN(CCOC(C)=O)c1ccc(-c2nc3cc4[nH]c(=O)c(Cc5ccccc5)nc4cc3n2CCCN2CCCCC2)cc1. The van der Waals surface area contributed by atoms with E-state index in [4.69, 9.17) is 19.4 Å². The van der Waals surface area contributed by atoms with E-state index >= 15 is 0 Å². The van der Waals surface area contributed by atoms with Crippen molar-refractivity contribution < 1.29 is 19.1 Å². The molecule has 0 aliphatic carbocycles. The van der Waals surface area contributed by atoms with E-state index in [1.807, 2.05) is 71.6 Å². The predicted octanol–water partition coefficient (Wildman–Crippen LogP) is 5.34. The van der Waals surface area contributed by atoms with Gasteiger partial charge in [0, 0.05) is 38.1 Å². The topological polar surface area (TPSA) is 123 Å². The normalized spacial score (nSPS) is 13.5. The molecule has 0 atom stereocenters. The van der Waals surface area contributed by atoms with Crippen LogP contribution in [-0.4, -0.2) is 82.3 Å². The average molecular weight is 665 g/mol. The summed E-state index contributed by atoms with van der Waals surface area (Å²) in [5, 5.41) is 0. The molecular weight excluding hydrogens is 620 g/mol. The Labute approximate surface area is 285 Å². The van der Waals surface area contributed by atoms with Crippen LogP contribution in [0.2, 0.25) is 0 Å². The van der Waals surface area contributed by atoms with Crippen molar-refractivity contribution in [3.63, 3.8) is 0 Å². The molecule has 3 heterocycles. The number of aromatic amines is 1. The zero-order valence-corrected chi connectivity index (χ0v) is 28.3. The smallest absolute Gasteiger partial charge is 0.302 e. The van der Waals surface area contributed by atoms with Gasteiger partial charge in [-0.2, -0.15) is 0 Å². The number of likely N-dealkylation sites (tertiary alicyclic amines) is 1. The van der Waals surface area contributed by atoms with Gasteiger partial charge in [0.2, 0.25) is 0 Å². The molecule has 0 saturated carbocycles. The van der Waals surface area contributed by atoms with Gasteiger partial charge in [0.25, 0.3) is 5.56 Å². The monoisotopic (exact) mass is 664 g/mol. The molecule has 3 aromatic carbocycles. The Morgan fingerprint density at radius 3 is 2.20 bits per heavy atom. The van der Waals surface area contributed by atoms with E-state index in [0.29, 0.717) is 30.7 Å². The third kappa shape index (κ3) is 8.72. The molecule has 0 radical (unpaired) electrons. The number of anilines is 1. The molecule has 0 spiro atoms. The fourth-order valence-electron chi connectivity index (χ4n) is 6.52. The van der Waals surface area contributed by atoms with E-state index in [0.717, 1.165) is 71.8 Å². The van der Waals surface area contributed by atoms with E-state index in [-0.39, 0.29) is 30.7 Å². The molecule has 1 aliphatic heterocycles. The van der Waals surface area contributed by atoms with Crippen LogP contribution in [0.15, 0.2) is 71.5 Å². The minimum Gasteiger partial charge on any atom is -0.464 e. The minimum atomic E-state index is -0.339. The van der Waals surface area contributed by atoms with Crippen molar-refractivity contribution in [1.29, 1.82) is 0 Å². The molecule has 49 heavy (non-hydrogen) atoms. The number of ether oxygens (including phenoxy) is 2. The molecule has 1 saturated heterocycles. The molecule has 5 aromatic rings. The van der Waals surface area contributed by atoms with Crippen molar-refractivity contribution in [2.75, 3.05) is 50.8 Å². The Morgan fingerprint density at radius 1 is 0.837 bits per heavy atom. The second-order valence-electron chi connectivity index (χ2n) is 12.6. The average Bonchev–Trinajstić information content (AvgIpc) is 3.44. The van der Waals surface area contributed by atoms with E-state index in [1.165, 1.54) is 33.1 Å². The number of nitrogens with zero attached hydrogens (tertiary/aromatic N) is 5. The van der Waals surface area contributed by atoms with Gasteiger partial charge in [-0.15, -0.1) is 0 Å². The molecule has 0 bridgehead atoms. The Morgan fingerprint density at radius 2 is 1.53 bits per heavy atom. The maximum Gasteiger partial charge on any atom is 0.302 e. The number of piperidine rings is 1. The van der Waals surface area contributed by atoms with Crippen molar-refractivity contribution in [3.05, 3.63) is 88.3 Å². The minimum absolute atomic E-state index is 0.195. The molecule has 0 amide bonds. The zero-order chi connectivity index (χ0) is 34.2. The molecule has 6 rings (SSSR count). The molecule has 0 unspecified atom stereocenters. The molecule has 1 aliphatic rings. The van der Waals surface area contributed by atoms with Crippen LogP contribution >= 0.6 is 0 Å². The summed E-state index contributed by atoms with van der Waals surface area (Å²) in [7, 11) is 0. The maximum absolute atomic E-state index is 13.0. The van der Waals surface area contributed by atoms with Gasteiger partial charge in [0.1, 0.15) is 24.7 Å². The number of hydrogen-bond donors (Lipinski definition) is 1. The zero-order valence-electron chi connectivity index (χ0n) is 28.3. The highest BCUT2D eigenvalue weighted by molar-refractivity contribution is 5.93. The van der Waals surface area contributed by atoms with Crippen molar-refractivity contribution in [3.8, 4) is 11.4 Å². The number of carbonyl (C=O) groups excluding carboxylic acids is 2. The number of H-pyrrole nitrogens is 1. The van der Waals surface area contributed by atoms with Gasteiger partial charge < -0.3 is 28.8 Å². The number of imidazole rings is 1. The van der Waals surface area contributed by atoms with Gasteiger partial charge in [-0.05, 0) is 80.9 Å². The van der Waals surface area contributed by atoms with Crippen LogP contribution in [0.25, 0.3) is 33.5 Å². The molecule has 2 aromatic heterocycles. The molecule has 256 valence electrons. The first-order valence-corrected chi connectivity index (χ1v) is 17.2. The number of hydrogen-bond acceptors (Lipinski definition) is 9. The lowest BCUT2D eigenvalue weighted by atomic mass is 10.1. The van der Waals surface area contributed by atoms with E-state index < -0.39 is 0 Å². The maximum atomic E-state index is 13.0. The van der Waals surface area contributed by atoms with Gasteiger partial charge in [-0.25, -0.2) is 9.97 Å². The third-order valence-electron chi connectivity index (χ3n) is 8.97. The van der Waals surface area contributed by atoms with Crippen LogP contribution in [0.3, 0.4) is 0 Å². The lowest BCUT2D eigenvalue weighted by Gasteiger charge is -2.26. The molecule has 11 nitrogen and oxygen atoms in total. The van der Waals surface area contributed by atoms with Gasteiger partial charge in [0.15, 0.2) is 0 Å². The van der Waals surface area contributed by atoms with Crippen LogP contribution < -0.4 is 10.5 Å². The summed E-state index contributed by atoms with van der Waals surface area (Å²) in [6.07, 6.45) is 5.25. The van der Waals surface area contributed by atoms with Crippen LogP contribution in [0.1, 0.15) is 50.8 Å². The summed E-state index contributed by atoms with van der Waals surface area (Å²) < 4.78 is 12.7. The van der Waals surface area contributed by atoms with Crippen LogP contribution in [0.5, 0.6) is 0 Å². The molecular formula is C38H44N6O5. The third-order valence-corrected chi connectivity index (χ3v) is 8.97. The van der Waals surface area contributed by atoms with Gasteiger partial charge >= 0.3 is 11.9 Å². The number of fused-ring (bicyclic) bond motifs is 2. The summed E-state index contributed by atoms with van der Waals surface area (Å²) in [5.74, 6) is 0.163. The van der Waals surface area contributed by atoms with E-state index in [9.17, 15) is 14.4 Å². The number of aryl methyl sites for hydroxylation is 1. The summed E-state index contributed by atoms with van der Waals surface area (Å²) in [5.41, 5.74) is 6.34. The fourth-order valence-corrected chi connectivity index (χ4v) is 6.52. The largest absolute Gasteiger partial charge is 0.464 e. The molecule has 1 N–H and O–H groups in total. The van der Waals surface area contributed by atoms with Crippen LogP contribution in [0, 0.1) is 0 Å². The van der Waals surface area contributed by atoms with Crippen LogP contribution in [0.4, 0.5) is 5.69 Å². The fraction of sp³-hybridized carbons (Fsp3) is 0.395. The van der Waals surface area contributed by atoms with E-state index in [2.05, 4.69) is 14.5 Å². The lowest BCUT2D eigenvalue weighted by molar-refractivity contribution is -0.141. The van der Waals surface area contributed by atoms with Crippen LogP contribution in [-0.2, 0) is 32.0 Å². The van der Waals surface area contributed by atoms with Crippen molar-refractivity contribution in [1.82, 2.24) is 24.4 Å². The number of rotatable bonds is 14. The quantitative estimate of drug-likeness (QED) is 0.157. The Bertz CT molecular complexity index is 1930. The van der Waals surface area contributed by atoms with Gasteiger partial charge in [0.05, 0.1) is 35.2 Å². The number of carbonyl (C=O) groups is 2.